The summed E-state index contributed by atoms with van der Waals surface area (Å²) in [7, 11) is 0. The second-order valence-corrected chi connectivity index (χ2v) is 5.38. The summed E-state index contributed by atoms with van der Waals surface area (Å²) < 4.78 is 3.53. The van der Waals surface area contributed by atoms with Gasteiger partial charge in [0, 0.05) is 32.3 Å². The molecule has 2 aromatic rings. The number of amides is 1. The van der Waals surface area contributed by atoms with E-state index < -0.39 is 0 Å². The average Bonchev–Trinajstić information content (AvgIpc) is 3.18. The molecule has 0 bridgehead atoms. The Morgan fingerprint density at radius 1 is 1.33 bits per heavy atom. The Morgan fingerprint density at radius 2 is 2.29 bits per heavy atom. The van der Waals surface area contributed by atoms with Crippen LogP contribution in [-0.4, -0.2) is 53.7 Å². The molecule has 1 aliphatic rings. The molecule has 0 aromatic carbocycles. The van der Waals surface area contributed by atoms with Crippen molar-refractivity contribution in [1.82, 2.24) is 34.7 Å². The number of hydrogen-bond donors (Lipinski definition) is 0. The highest BCUT2D eigenvalue weighted by molar-refractivity contribution is 5.76. The number of aromatic nitrogens is 6. The molecule has 21 heavy (non-hydrogen) atoms. The SMILES string of the molecule is O=C(CCn1ccnn1)N1CCCC(Cn2cncn2)C1. The Hall–Kier alpha value is -2.25. The zero-order valence-electron chi connectivity index (χ0n) is 11.9. The predicted molar refractivity (Wildman–Crippen MR) is 74.0 cm³/mol. The third-order valence-electron chi connectivity index (χ3n) is 3.81. The summed E-state index contributed by atoms with van der Waals surface area (Å²) in [6, 6.07) is 0. The van der Waals surface area contributed by atoms with Gasteiger partial charge in [-0.25, -0.2) is 4.98 Å². The smallest absolute Gasteiger partial charge is 0.224 e. The first kappa shape index (κ1) is 13.7. The molecule has 112 valence electrons. The molecule has 3 rings (SSSR count). The summed E-state index contributed by atoms with van der Waals surface area (Å²) in [6.07, 6.45) is 9.33. The lowest BCUT2D eigenvalue weighted by Gasteiger charge is -2.32. The van der Waals surface area contributed by atoms with Crippen molar-refractivity contribution in [3.8, 4) is 0 Å². The normalized spacial score (nSPS) is 18.9. The zero-order valence-corrected chi connectivity index (χ0v) is 11.9. The van der Waals surface area contributed by atoms with Crippen LogP contribution in [0.15, 0.2) is 25.0 Å². The Balaban J connectivity index is 1.49. The van der Waals surface area contributed by atoms with Crippen LogP contribution in [0.4, 0.5) is 0 Å². The molecule has 1 atom stereocenters. The van der Waals surface area contributed by atoms with Gasteiger partial charge >= 0.3 is 0 Å². The zero-order chi connectivity index (χ0) is 14.5. The van der Waals surface area contributed by atoms with Crippen LogP contribution in [0.5, 0.6) is 0 Å². The van der Waals surface area contributed by atoms with Gasteiger partial charge in [0.15, 0.2) is 0 Å². The van der Waals surface area contributed by atoms with E-state index in [2.05, 4.69) is 20.4 Å². The lowest BCUT2D eigenvalue weighted by atomic mass is 9.98. The van der Waals surface area contributed by atoms with E-state index in [1.807, 2.05) is 9.58 Å². The van der Waals surface area contributed by atoms with Crippen LogP contribution < -0.4 is 0 Å². The molecule has 0 spiro atoms. The van der Waals surface area contributed by atoms with Crippen molar-refractivity contribution in [2.75, 3.05) is 13.1 Å². The molecular weight excluding hydrogens is 270 g/mol. The Kier molecular flexibility index (Phi) is 4.23. The Bertz CT molecular complexity index is 551. The third kappa shape index (κ3) is 3.65. The largest absolute Gasteiger partial charge is 0.342 e. The van der Waals surface area contributed by atoms with Gasteiger partial charge < -0.3 is 4.90 Å². The Morgan fingerprint density at radius 3 is 3.05 bits per heavy atom. The number of piperidine rings is 1. The molecule has 0 N–H and O–H groups in total. The molecule has 0 aliphatic carbocycles. The van der Waals surface area contributed by atoms with Crippen molar-refractivity contribution in [3.63, 3.8) is 0 Å². The van der Waals surface area contributed by atoms with Gasteiger partial charge in [0.25, 0.3) is 0 Å². The van der Waals surface area contributed by atoms with Crippen molar-refractivity contribution in [3.05, 3.63) is 25.0 Å². The van der Waals surface area contributed by atoms with Crippen LogP contribution in [0.25, 0.3) is 0 Å². The lowest BCUT2D eigenvalue weighted by molar-refractivity contribution is -0.133. The van der Waals surface area contributed by atoms with Crippen molar-refractivity contribution in [2.24, 2.45) is 5.92 Å². The highest BCUT2D eigenvalue weighted by Crippen LogP contribution is 2.18. The topological polar surface area (TPSA) is 81.7 Å². The van der Waals surface area contributed by atoms with Gasteiger partial charge in [0.2, 0.25) is 5.91 Å². The molecule has 1 amide bonds. The van der Waals surface area contributed by atoms with Gasteiger partial charge in [-0.2, -0.15) is 5.10 Å². The fourth-order valence-electron chi connectivity index (χ4n) is 2.75. The summed E-state index contributed by atoms with van der Waals surface area (Å²) in [4.78, 5) is 18.2. The van der Waals surface area contributed by atoms with E-state index in [1.54, 1.807) is 29.7 Å². The van der Waals surface area contributed by atoms with Crippen LogP contribution in [0.1, 0.15) is 19.3 Å². The van der Waals surface area contributed by atoms with E-state index >= 15 is 0 Å². The van der Waals surface area contributed by atoms with E-state index in [4.69, 9.17) is 0 Å². The highest BCUT2D eigenvalue weighted by Gasteiger charge is 2.23. The Labute approximate surface area is 122 Å². The summed E-state index contributed by atoms with van der Waals surface area (Å²) >= 11 is 0. The maximum atomic E-state index is 12.3. The maximum absolute atomic E-state index is 12.3. The van der Waals surface area contributed by atoms with E-state index in [1.165, 1.54) is 0 Å². The van der Waals surface area contributed by atoms with Crippen LogP contribution in [-0.2, 0) is 17.9 Å². The van der Waals surface area contributed by atoms with E-state index in [-0.39, 0.29) is 5.91 Å². The third-order valence-corrected chi connectivity index (χ3v) is 3.81. The van der Waals surface area contributed by atoms with E-state index in [0.29, 0.717) is 18.9 Å². The predicted octanol–water partition coefficient (Wildman–Crippen LogP) is 0.198. The second-order valence-electron chi connectivity index (χ2n) is 5.38. The van der Waals surface area contributed by atoms with Gasteiger partial charge in [-0.05, 0) is 18.8 Å². The molecule has 0 radical (unpaired) electrons. The number of nitrogens with zero attached hydrogens (tertiary/aromatic N) is 7. The van der Waals surface area contributed by atoms with Gasteiger partial charge in [0.1, 0.15) is 12.7 Å². The first-order valence-electron chi connectivity index (χ1n) is 7.25. The lowest BCUT2D eigenvalue weighted by Crippen LogP contribution is -2.41. The van der Waals surface area contributed by atoms with Crippen molar-refractivity contribution in [1.29, 1.82) is 0 Å². The number of rotatable bonds is 5. The minimum Gasteiger partial charge on any atom is -0.342 e. The molecular formula is C13H19N7O. The van der Waals surface area contributed by atoms with Crippen LogP contribution in [0, 0.1) is 5.92 Å². The van der Waals surface area contributed by atoms with Gasteiger partial charge in [-0.1, -0.05) is 5.21 Å². The molecule has 3 heterocycles. The number of likely N-dealkylation sites (tertiary alicyclic amines) is 1. The molecule has 8 heteroatoms. The maximum Gasteiger partial charge on any atom is 0.224 e. The van der Waals surface area contributed by atoms with Crippen LogP contribution in [0.2, 0.25) is 0 Å². The minimum absolute atomic E-state index is 0.189. The van der Waals surface area contributed by atoms with Crippen molar-refractivity contribution >= 4 is 5.91 Å². The number of aryl methyl sites for hydroxylation is 1. The van der Waals surface area contributed by atoms with Crippen molar-refractivity contribution in [2.45, 2.75) is 32.4 Å². The summed E-state index contributed by atoms with van der Waals surface area (Å²) in [5.74, 6) is 0.643. The molecule has 1 saturated heterocycles. The van der Waals surface area contributed by atoms with Crippen LogP contribution >= 0.6 is 0 Å². The van der Waals surface area contributed by atoms with E-state index in [0.717, 1.165) is 32.5 Å². The standard InChI is InChI=1S/C13H19N7O/c21-13(3-6-19-7-4-15-17-19)18-5-1-2-12(8-18)9-20-11-14-10-16-20/h4,7,10-12H,1-3,5-6,8-9H2. The highest BCUT2D eigenvalue weighted by atomic mass is 16.2. The van der Waals surface area contributed by atoms with Gasteiger partial charge in [0.05, 0.1) is 12.7 Å². The van der Waals surface area contributed by atoms with Gasteiger partial charge in [-0.15, -0.1) is 5.10 Å². The monoisotopic (exact) mass is 289 g/mol. The van der Waals surface area contributed by atoms with Crippen LogP contribution in [0.3, 0.4) is 0 Å². The molecule has 2 aromatic heterocycles. The first-order valence-corrected chi connectivity index (χ1v) is 7.25. The summed E-state index contributed by atoms with van der Waals surface area (Å²) in [5, 5.41) is 11.7. The molecule has 1 unspecified atom stereocenters. The fraction of sp³-hybridized carbons (Fsp3) is 0.615. The van der Waals surface area contributed by atoms with Crippen molar-refractivity contribution < 1.29 is 4.79 Å². The minimum atomic E-state index is 0.189. The molecule has 0 saturated carbocycles. The van der Waals surface area contributed by atoms with Gasteiger partial charge in [-0.3, -0.25) is 14.2 Å². The first-order chi connectivity index (χ1) is 10.3. The second kappa shape index (κ2) is 6.47. The average molecular weight is 289 g/mol. The number of carbonyl (C=O) groups is 1. The molecule has 8 nitrogen and oxygen atoms in total. The fourth-order valence-corrected chi connectivity index (χ4v) is 2.75. The number of carbonyl (C=O) groups excluding carboxylic acids is 1. The number of hydrogen-bond acceptors (Lipinski definition) is 5. The molecule has 1 fully saturated rings. The molecule has 1 aliphatic heterocycles. The summed E-state index contributed by atoms with van der Waals surface area (Å²) in [5.41, 5.74) is 0. The summed E-state index contributed by atoms with van der Waals surface area (Å²) in [6.45, 7) is 3.07. The quantitative estimate of drug-likeness (QED) is 0.785. The van der Waals surface area contributed by atoms with E-state index in [9.17, 15) is 4.79 Å².